The molecule has 5 heteroatoms. The number of nitrogens with zero attached hydrogens (tertiary/aromatic N) is 1. The van der Waals surface area contributed by atoms with Crippen molar-refractivity contribution >= 4 is 27.8 Å². The van der Waals surface area contributed by atoms with Crippen molar-refractivity contribution in [1.82, 2.24) is 10.3 Å². The van der Waals surface area contributed by atoms with Crippen molar-refractivity contribution in [3.63, 3.8) is 0 Å². The molecule has 1 N–H and O–H groups in total. The van der Waals surface area contributed by atoms with E-state index >= 15 is 0 Å². The van der Waals surface area contributed by atoms with E-state index in [-0.39, 0.29) is 12.5 Å². The van der Waals surface area contributed by atoms with Gasteiger partial charge in [0, 0.05) is 17.0 Å². The van der Waals surface area contributed by atoms with Crippen molar-refractivity contribution in [3.05, 3.63) is 72.6 Å². The number of furan rings is 1. The predicted octanol–water partition coefficient (Wildman–Crippen LogP) is 3.68. The maximum Gasteiger partial charge on any atom is 0.258 e. The molecule has 124 valence electrons. The fraction of sp³-hybridized carbons (Fsp3) is 0.100. The average Bonchev–Trinajstić information content (AvgIpc) is 3.03. The summed E-state index contributed by atoms with van der Waals surface area (Å²) in [5.74, 6) is 0.440. The molecule has 0 radical (unpaired) electrons. The van der Waals surface area contributed by atoms with Crippen LogP contribution in [-0.2, 0) is 11.3 Å². The molecule has 4 aromatic rings. The third-order valence-corrected chi connectivity index (χ3v) is 3.91. The zero-order chi connectivity index (χ0) is 17.1. The second kappa shape index (κ2) is 6.65. The maximum absolute atomic E-state index is 11.9. The molecular weight excluding hydrogens is 316 g/mol. The standard InChI is InChI=1S/C20H16N2O3/c23-20(22-12-14-5-3-4-10-21-14)13-24-15-8-9-19-17(11-15)16-6-1-2-7-18(16)25-19/h1-11H,12-13H2,(H,22,23). The fourth-order valence-corrected chi connectivity index (χ4v) is 2.69. The lowest BCUT2D eigenvalue weighted by molar-refractivity contribution is -0.123. The van der Waals surface area contributed by atoms with Crippen molar-refractivity contribution in [2.45, 2.75) is 6.54 Å². The van der Waals surface area contributed by atoms with E-state index in [9.17, 15) is 4.79 Å². The molecule has 0 aliphatic heterocycles. The number of carbonyl (C=O) groups is 1. The van der Waals surface area contributed by atoms with E-state index in [1.165, 1.54) is 0 Å². The largest absolute Gasteiger partial charge is 0.484 e. The number of para-hydroxylation sites is 1. The van der Waals surface area contributed by atoms with Crippen LogP contribution in [0.1, 0.15) is 5.69 Å². The summed E-state index contributed by atoms with van der Waals surface area (Å²) in [7, 11) is 0. The Balaban J connectivity index is 1.42. The minimum atomic E-state index is -0.192. The second-order valence-corrected chi connectivity index (χ2v) is 5.64. The van der Waals surface area contributed by atoms with Gasteiger partial charge in [0.1, 0.15) is 16.9 Å². The van der Waals surface area contributed by atoms with Crippen molar-refractivity contribution < 1.29 is 13.9 Å². The summed E-state index contributed by atoms with van der Waals surface area (Å²) in [6, 6.07) is 19.0. The highest BCUT2D eigenvalue weighted by molar-refractivity contribution is 6.05. The fourth-order valence-electron chi connectivity index (χ4n) is 2.69. The molecule has 5 nitrogen and oxygen atoms in total. The molecule has 4 rings (SSSR count). The van der Waals surface area contributed by atoms with Crippen LogP contribution in [0, 0.1) is 0 Å². The zero-order valence-corrected chi connectivity index (χ0v) is 13.4. The lowest BCUT2D eigenvalue weighted by Crippen LogP contribution is -2.28. The van der Waals surface area contributed by atoms with Crippen molar-refractivity contribution in [3.8, 4) is 5.75 Å². The van der Waals surface area contributed by atoms with E-state index in [4.69, 9.17) is 9.15 Å². The molecule has 2 aromatic heterocycles. The zero-order valence-electron chi connectivity index (χ0n) is 13.4. The Bertz CT molecular complexity index is 1020. The summed E-state index contributed by atoms with van der Waals surface area (Å²) in [4.78, 5) is 16.1. The SMILES string of the molecule is O=C(COc1ccc2oc3ccccc3c2c1)NCc1ccccn1. The first-order valence-corrected chi connectivity index (χ1v) is 8.00. The highest BCUT2D eigenvalue weighted by atomic mass is 16.5. The molecule has 0 saturated carbocycles. The van der Waals surface area contributed by atoms with Gasteiger partial charge in [-0.15, -0.1) is 0 Å². The van der Waals surface area contributed by atoms with Crippen LogP contribution >= 0.6 is 0 Å². The molecule has 0 aliphatic carbocycles. The number of amides is 1. The maximum atomic E-state index is 11.9. The Labute approximate surface area is 144 Å². The van der Waals surface area contributed by atoms with E-state index in [1.807, 2.05) is 54.6 Å². The summed E-state index contributed by atoms with van der Waals surface area (Å²) < 4.78 is 11.4. The Morgan fingerprint density at radius 1 is 1.00 bits per heavy atom. The number of ether oxygens (including phenoxy) is 1. The molecule has 2 aromatic carbocycles. The first-order valence-electron chi connectivity index (χ1n) is 8.00. The number of benzene rings is 2. The van der Waals surface area contributed by atoms with Gasteiger partial charge in [0.25, 0.3) is 5.91 Å². The van der Waals surface area contributed by atoms with Gasteiger partial charge >= 0.3 is 0 Å². The smallest absolute Gasteiger partial charge is 0.258 e. The van der Waals surface area contributed by atoms with Gasteiger partial charge in [-0.2, -0.15) is 0 Å². The molecule has 2 heterocycles. The van der Waals surface area contributed by atoms with Crippen LogP contribution in [0.15, 0.2) is 71.3 Å². The van der Waals surface area contributed by atoms with Crippen LogP contribution in [0.2, 0.25) is 0 Å². The molecule has 0 saturated heterocycles. The molecule has 1 amide bonds. The van der Waals surface area contributed by atoms with Gasteiger partial charge in [0.15, 0.2) is 6.61 Å². The van der Waals surface area contributed by atoms with Gasteiger partial charge in [-0.3, -0.25) is 9.78 Å². The highest BCUT2D eigenvalue weighted by Crippen LogP contribution is 2.31. The normalized spacial score (nSPS) is 10.9. The molecule has 0 fully saturated rings. The van der Waals surface area contributed by atoms with Crippen LogP contribution in [0.5, 0.6) is 5.75 Å². The Kier molecular flexibility index (Phi) is 4.04. The van der Waals surface area contributed by atoms with Gasteiger partial charge in [0.2, 0.25) is 0 Å². The van der Waals surface area contributed by atoms with Gasteiger partial charge in [0.05, 0.1) is 12.2 Å². The van der Waals surface area contributed by atoms with E-state index in [1.54, 1.807) is 12.3 Å². The Morgan fingerprint density at radius 2 is 1.84 bits per heavy atom. The third-order valence-electron chi connectivity index (χ3n) is 3.91. The summed E-state index contributed by atoms with van der Waals surface area (Å²) in [5, 5.41) is 4.79. The molecule has 25 heavy (non-hydrogen) atoms. The van der Waals surface area contributed by atoms with Gasteiger partial charge < -0.3 is 14.5 Å². The number of pyridine rings is 1. The quantitative estimate of drug-likeness (QED) is 0.605. The highest BCUT2D eigenvalue weighted by Gasteiger charge is 2.08. The predicted molar refractivity (Wildman–Crippen MR) is 95.3 cm³/mol. The molecule has 0 aliphatic rings. The summed E-state index contributed by atoms with van der Waals surface area (Å²) >= 11 is 0. The number of nitrogens with one attached hydrogen (secondary N) is 1. The first-order chi connectivity index (χ1) is 12.3. The summed E-state index contributed by atoms with van der Waals surface area (Å²) in [5.41, 5.74) is 2.44. The third kappa shape index (κ3) is 3.30. The van der Waals surface area contributed by atoms with Crippen LogP contribution in [0.4, 0.5) is 0 Å². The molecule has 0 spiro atoms. The Hall–Kier alpha value is -3.34. The monoisotopic (exact) mass is 332 g/mol. The number of fused-ring (bicyclic) bond motifs is 3. The number of carbonyl (C=O) groups excluding carboxylic acids is 1. The number of hydrogen-bond donors (Lipinski definition) is 1. The van der Waals surface area contributed by atoms with Gasteiger partial charge in [-0.05, 0) is 36.4 Å². The van der Waals surface area contributed by atoms with E-state index in [0.717, 1.165) is 27.6 Å². The average molecular weight is 332 g/mol. The lowest BCUT2D eigenvalue weighted by atomic mass is 10.1. The number of rotatable bonds is 5. The van der Waals surface area contributed by atoms with Gasteiger partial charge in [-0.25, -0.2) is 0 Å². The van der Waals surface area contributed by atoms with E-state index < -0.39 is 0 Å². The molecular formula is C20H16N2O3. The second-order valence-electron chi connectivity index (χ2n) is 5.64. The topological polar surface area (TPSA) is 64.4 Å². The molecule has 0 atom stereocenters. The number of hydrogen-bond acceptors (Lipinski definition) is 4. The lowest BCUT2D eigenvalue weighted by Gasteiger charge is -2.07. The van der Waals surface area contributed by atoms with Crippen molar-refractivity contribution in [2.24, 2.45) is 0 Å². The number of aromatic nitrogens is 1. The van der Waals surface area contributed by atoms with E-state index in [2.05, 4.69) is 10.3 Å². The summed E-state index contributed by atoms with van der Waals surface area (Å²) in [6.07, 6.45) is 1.70. The van der Waals surface area contributed by atoms with Crippen LogP contribution in [0.25, 0.3) is 21.9 Å². The van der Waals surface area contributed by atoms with Crippen LogP contribution < -0.4 is 10.1 Å². The molecule has 0 bridgehead atoms. The Morgan fingerprint density at radius 3 is 2.72 bits per heavy atom. The minimum Gasteiger partial charge on any atom is -0.484 e. The van der Waals surface area contributed by atoms with Crippen LogP contribution in [0.3, 0.4) is 0 Å². The van der Waals surface area contributed by atoms with Crippen LogP contribution in [-0.4, -0.2) is 17.5 Å². The van der Waals surface area contributed by atoms with Crippen molar-refractivity contribution in [1.29, 1.82) is 0 Å². The van der Waals surface area contributed by atoms with E-state index in [0.29, 0.717) is 12.3 Å². The minimum absolute atomic E-state index is 0.0475. The first kappa shape index (κ1) is 15.2. The molecule has 0 unspecified atom stereocenters. The summed E-state index contributed by atoms with van der Waals surface area (Å²) in [6.45, 7) is 0.336. The van der Waals surface area contributed by atoms with Gasteiger partial charge in [-0.1, -0.05) is 24.3 Å². The van der Waals surface area contributed by atoms with Crippen molar-refractivity contribution in [2.75, 3.05) is 6.61 Å².